The molecule has 4 heteroatoms. The van der Waals surface area contributed by atoms with E-state index in [0.717, 1.165) is 5.56 Å². The van der Waals surface area contributed by atoms with Crippen LogP contribution in [0.15, 0.2) is 42.5 Å². The molecule has 0 unspecified atom stereocenters. The topological polar surface area (TPSA) is 57.5 Å². The Balaban J connectivity index is 2.29. The predicted molar refractivity (Wildman–Crippen MR) is 72.5 cm³/mol. The number of hydrogen-bond acceptors (Lipinski definition) is 2. The SMILES string of the molecule is O=C(O)c1ccc(C#Cc2ccc(O)cc2)c(Cl)c1. The first-order chi connectivity index (χ1) is 9.06. The molecule has 2 aromatic carbocycles. The van der Waals surface area contributed by atoms with Crippen LogP contribution in [0, 0.1) is 11.8 Å². The van der Waals surface area contributed by atoms with Gasteiger partial charge in [0.15, 0.2) is 0 Å². The number of aromatic hydroxyl groups is 1. The van der Waals surface area contributed by atoms with E-state index >= 15 is 0 Å². The van der Waals surface area contributed by atoms with Gasteiger partial charge in [-0.3, -0.25) is 0 Å². The molecular weight excluding hydrogens is 264 g/mol. The number of benzene rings is 2. The maximum atomic E-state index is 10.8. The molecule has 0 aliphatic carbocycles. The molecule has 2 N–H and O–H groups in total. The fourth-order valence-electron chi connectivity index (χ4n) is 1.43. The highest BCUT2D eigenvalue weighted by molar-refractivity contribution is 6.32. The standard InChI is InChI=1S/C15H9ClO3/c16-14-9-12(15(18)19)6-5-11(14)4-1-10-2-7-13(17)8-3-10/h2-3,5-9,17H,(H,18,19). The molecule has 0 saturated carbocycles. The molecule has 0 radical (unpaired) electrons. The van der Waals surface area contributed by atoms with Crippen molar-refractivity contribution in [3.05, 3.63) is 64.2 Å². The van der Waals surface area contributed by atoms with Gasteiger partial charge in [-0.2, -0.15) is 0 Å². The van der Waals surface area contributed by atoms with Gasteiger partial charge in [-0.25, -0.2) is 4.79 Å². The Bertz CT molecular complexity index is 679. The van der Waals surface area contributed by atoms with Gasteiger partial charge in [0.25, 0.3) is 0 Å². The number of hydrogen-bond donors (Lipinski definition) is 2. The van der Waals surface area contributed by atoms with E-state index in [2.05, 4.69) is 11.8 Å². The van der Waals surface area contributed by atoms with Crippen LogP contribution in [0.1, 0.15) is 21.5 Å². The first-order valence-electron chi connectivity index (χ1n) is 5.40. The summed E-state index contributed by atoms with van der Waals surface area (Å²) in [6, 6.07) is 10.8. The van der Waals surface area contributed by atoms with Crippen LogP contribution in [0.4, 0.5) is 0 Å². The Morgan fingerprint density at radius 3 is 2.32 bits per heavy atom. The molecule has 0 saturated heterocycles. The second kappa shape index (κ2) is 5.47. The molecule has 19 heavy (non-hydrogen) atoms. The zero-order chi connectivity index (χ0) is 13.8. The first kappa shape index (κ1) is 13.0. The molecule has 0 aliphatic rings. The first-order valence-corrected chi connectivity index (χ1v) is 5.78. The molecule has 0 fully saturated rings. The van der Waals surface area contributed by atoms with Crippen LogP contribution in [0.5, 0.6) is 5.75 Å². The van der Waals surface area contributed by atoms with E-state index in [0.29, 0.717) is 10.6 Å². The molecule has 0 heterocycles. The van der Waals surface area contributed by atoms with Crippen LogP contribution in [0.2, 0.25) is 5.02 Å². The van der Waals surface area contributed by atoms with Crippen LogP contribution < -0.4 is 0 Å². The summed E-state index contributed by atoms with van der Waals surface area (Å²) in [5.41, 5.74) is 1.41. The van der Waals surface area contributed by atoms with Gasteiger partial charge in [0.2, 0.25) is 0 Å². The average molecular weight is 273 g/mol. The summed E-state index contributed by atoms with van der Waals surface area (Å²) < 4.78 is 0. The predicted octanol–water partition coefficient (Wildman–Crippen LogP) is 3.14. The van der Waals surface area contributed by atoms with Crippen molar-refractivity contribution in [1.29, 1.82) is 0 Å². The zero-order valence-electron chi connectivity index (χ0n) is 9.72. The van der Waals surface area contributed by atoms with Crippen LogP contribution in [-0.4, -0.2) is 16.2 Å². The number of carbonyl (C=O) groups is 1. The van der Waals surface area contributed by atoms with Crippen molar-refractivity contribution in [2.45, 2.75) is 0 Å². The molecule has 0 aliphatic heterocycles. The third kappa shape index (κ3) is 3.27. The van der Waals surface area contributed by atoms with Crippen molar-refractivity contribution in [3.63, 3.8) is 0 Å². The fraction of sp³-hybridized carbons (Fsp3) is 0. The van der Waals surface area contributed by atoms with Gasteiger partial charge in [0.05, 0.1) is 10.6 Å². The maximum Gasteiger partial charge on any atom is 0.335 e. The normalized spacial score (nSPS) is 9.53. The second-order valence-electron chi connectivity index (χ2n) is 3.80. The molecular formula is C15H9ClO3. The van der Waals surface area contributed by atoms with Crippen LogP contribution in [0.25, 0.3) is 0 Å². The van der Waals surface area contributed by atoms with E-state index in [4.69, 9.17) is 21.8 Å². The minimum Gasteiger partial charge on any atom is -0.508 e. The molecule has 2 rings (SSSR count). The van der Waals surface area contributed by atoms with Crippen molar-refractivity contribution >= 4 is 17.6 Å². The lowest BCUT2D eigenvalue weighted by Gasteiger charge is -1.98. The van der Waals surface area contributed by atoms with E-state index in [1.54, 1.807) is 30.3 Å². The molecule has 0 bridgehead atoms. The van der Waals surface area contributed by atoms with Crippen LogP contribution in [0.3, 0.4) is 0 Å². The second-order valence-corrected chi connectivity index (χ2v) is 4.20. The van der Waals surface area contributed by atoms with Gasteiger partial charge in [-0.1, -0.05) is 23.4 Å². The summed E-state index contributed by atoms with van der Waals surface area (Å²) in [7, 11) is 0. The number of rotatable bonds is 1. The third-order valence-corrected chi connectivity index (χ3v) is 2.74. The molecule has 0 amide bonds. The van der Waals surface area contributed by atoms with Crippen molar-refractivity contribution in [2.75, 3.05) is 0 Å². The summed E-state index contributed by atoms with van der Waals surface area (Å²) in [5, 5.41) is 18.3. The van der Waals surface area contributed by atoms with Gasteiger partial charge in [-0.05, 0) is 42.5 Å². The minimum absolute atomic E-state index is 0.125. The highest BCUT2D eigenvalue weighted by Crippen LogP contribution is 2.17. The lowest BCUT2D eigenvalue weighted by atomic mass is 10.1. The van der Waals surface area contributed by atoms with Crippen molar-refractivity contribution in [1.82, 2.24) is 0 Å². The number of carboxylic acid groups (broad SMARTS) is 1. The van der Waals surface area contributed by atoms with Crippen molar-refractivity contribution in [2.24, 2.45) is 0 Å². The highest BCUT2D eigenvalue weighted by atomic mass is 35.5. The van der Waals surface area contributed by atoms with Crippen LogP contribution >= 0.6 is 11.6 Å². The van der Waals surface area contributed by atoms with Gasteiger partial charge in [0, 0.05) is 11.1 Å². The molecule has 94 valence electrons. The van der Waals surface area contributed by atoms with Gasteiger partial charge in [0.1, 0.15) is 5.75 Å². The Kier molecular flexibility index (Phi) is 3.74. The summed E-state index contributed by atoms with van der Waals surface area (Å²) in [5.74, 6) is 4.89. The quantitative estimate of drug-likeness (QED) is 0.784. The fourth-order valence-corrected chi connectivity index (χ4v) is 1.66. The number of carboxylic acids is 1. The summed E-state index contributed by atoms with van der Waals surface area (Å²) in [4.78, 5) is 10.8. The molecule has 3 nitrogen and oxygen atoms in total. The van der Waals surface area contributed by atoms with Crippen molar-refractivity contribution in [3.8, 4) is 17.6 Å². The van der Waals surface area contributed by atoms with Crippen molar-refractivity contribution < 1.29 is 15.0 Å². The molecule has 0 atom stereocenters. The maximum absolute atomic E-state index is 10.8. The molecule has 0 aromatic heterocycles. The number of halogens is 1. The average Bonchev–Trinajstić information content (AvgIpc) is 2.39. The molecule has 2 aromatic rings. The van der Waals surface area contributed by atoms with E-state index in [9.17, 15) is 4.79 Å². The lowest BCUT2D eigenvalue weighted by Crippen LogP contribution is -1.95. The third-order valence-electron chi connectivity index (χ3n) is 2.42. The summed E-state index contributed by atoms with van der Waals surface area (Å²) >= 11 is 5.96. The van der Waals surface area contributed by atoms with Gasteiger partial charge < -0.3 is 10.2 Å². The van der Waals surface area contributed by atoms with E-state index in [1.165, 1.54) is 12.1 Å². The van der Waals surface area contributed by atoms with Gasteiger partial charge in [-0.15, -0.1) is 0 Å². The number of phenolic OH excluding ortho intramolecular Hbond substituents is 1. The number of aromatic carboxylic acids is 1. The van der Waals surface area contributed by atoms with Gasteiger partial charge >= 0.3 is 5.97 Å². The summed E-state index contributed by atoms with van der Waals surface area (Å²) in [6.07, 6.45) is 0. The Morgan fingerprint density at radius 2 is 1.74 bits per heavy atom. The lowest BCUT2D eigenvalue weighted by molar-refractivity contribution is 0.0697. The van der Waals surface area contributed by atoms with E-state index < -0.39 is 5.97 Å². The van der Waals surface area contributed by atoms with Crippen LogP contribution in [-0.2, 0) is 0 Å². The Morgan fingerprint density at radius 1 is 1.05 bits per heavy atom. The minimum atomic E-state index is -1.03. The van der Waals surface area contributed by atoms with E-state index in [-0.39, 0.29) is 11.3 Å². The number of phenols is 1. The van der Waals surface area contributed by atoms with E-state index in [1.807, 2.05) is 0 Å². The zero-order valence-corrected chi connectivity index (χ0v) is 10.5. The highest BCUT2D eigenvalue weighted by Gasteiger charge is 2.05. The largest absolute Gasteiger partial charge is 0.508 e. The molecule has 0 spiro atoms. The smallest absolute Gasteiger partial charge is 0.335 e. The Hall–Kier alpha value is -2.44. The Labute approximate surface area is 115 Å². The summed E-state index contributed by atoms with van der Waals surface area (Å²) in [6.45, 7) is 0. The monoisotopic (exact) mass is 272 g/mol.